The number of piperidine rings is 1. The molecule has 182 valence electrons. The van der Waals surface area contributed by atoms with Crippen LogP contribution < -0.4 is 16.0 Å². The molecule has 0 unspecified atom stereocenters. The number of carbonyl (C=O) groups is 3. The van der Waals surface area contributed by atoms with Crippen molar-refractivity contribution in [1.29, 1.82) is 0 Å². The molecule has 1 saturated heterocycles. The first kappa shape index (κ1) is 25.4. The van der Waals surface area contributed by atoms with Crippen LogP contribution in [0, 0.1) is 0 Å². The van der Waals surface area contributed by atoms with Gasteiger partial charge in [0.25, 0.3) is 0 Å². The van der Waals surface area contributed by atoms with Crippen LogP contribution >= 0.6 is 0 Å². The fraction of sp³-hybridized carbons (Fsp3) is 0.375. The Bertz CT molecular complexity index is 1110. The van der Waals surface area contributed by atoms with Gasteiger partial charge in [-0.1, -0.05) is 30.3 Å². The fourth-order valence-electron chi connectivity index (χ4n) is 3.91. The number of nitrogens with one attached hydrogen (secondary N) is 3. The standard InChI is InChI=1S/C24H30N4O5S/c1-17(29)25-20-8-10-22(11-9-20)34(32,33)28-14-12-21(13-15-28)27-24(31)23(26-18(2)30)16-19-6-4-3-5-7-19/h3-11,21,23H,12-16H2,1-2H3,(H,25,29)(H,26,30)(H,27,31)/t23-/m1/s1. The van der Waals surface area contributed by atoms with Crippen LogP contribution in [0.15, 0.2) is 59.5 Å². The van der Waals surface area contributed by atoms with E-state index in [1.807, 2.05) is 30.3 Å². The molecule has 1 aliphatic heterocycles. The van der Waals surface area contributed by atoms with E-state index >= 15 is 0 Å². The minimum Gasteiger partial charge on any atom is -0.351 e. The summed E-state index contributed by atoms with van der Waals surface area (Å²) in [5.41, 5.74) is 1.46. The Morgan fingerprint density at radius 3 is 2.12 bits per heavy atom. The van der Waals surface area contributed by atoms with Crippen LogP contribution in [-0.4, -0.2) is 55.6 Å². The molecule has 3 N–H and O–H groups in total. The van der Waals surface area contributed by atoms with Crippen LogP contribution in [0.25, 0.3) is 0 Å². The lowest BCUT2D eigenvalue weighted by atomic mass is 10.0. The minimum atomic E-state index is -3.68. The highest BCUT2D eigenvalue weighted by Gasteiger charge is 2.31. The highest BCUT2D eigenvalue weighted by atomic mass is 32.2. The number of carbonyl (C=O) groups excluding carboxylic acids is 3. The Morgan fingerprint density at radius 1 is 0.941 bits per heavy atom. The van der Waals surface area contributed by atoms with E-state index in [4.69, 9.17) is 0 Å². The summed E-state index contributed by atoms with van der Waals surface area (Å²) < 4.78 is 27.4. The van der Waals surface area contributed by atoms with Crippen molar-refractivity contribution >= 4 is 33.4 Å². The van der Waals surface area contributed by atoms with Crippen molar-refractivity contribution in [1.82, 2.24) is 14.9 Å². The number of hydrogen-bond donors (Lipinski definition) is 3. The van der Waals surface area contributed by atoms with Crippen LogP contribution in [-0.2, 0) is 30.8 Å². The molecule has 0 spiro atoms. The molecule has 0 radical (unpaired) electrons. The second kappa shape index (κ2) is 11.3. The molecular weight excluding hydrogens is 456 g/mol. The quantitative estimate of drug-likeness (QED) is 0.523. The zero-order valence-electron chi connectivity index (χ0n) is 19.3. The van der Waals surface area contributed by atoms with Crippen molar-refractivity contribution in [3.8, 4) is 0 Å². The molecule has 3 rings (SSSR count). The predicted molar refractivity (Wildman–Crippen MR) is 128 cm³/mol. The third kappa shape index (κ3) is 6.88. The maximum absolute atomic E-state index is 13.0. The summed E-state index contributed by atoms with van der Waals surface area (Å²) in [6.45, 7) is 3.29. The smallest absolute Gasteiger partial charge is 0.243 e. The van der Waals surface area contributed by atoms with Crippen LogP contribution in [0.1, 0.15) is 32.3 Å². The number of anilines is 1. The summed E-state index contributed by atoms with van der Waals surface area (Å²) in [4.78, 5) is 35.8. The zero-order chi connectivity index (χ0) is 24.7. The Balaban J connectivity index is 1.58. The van der Waals surface area contributed by atoms with E-state index < -0.39 is 16.1 Å². The molecule has 3 amide bonds. The van der Waals surface area contributed by atoms with E-state index in [0.717, 1.165) is 5.56 Å². The third-order valence-corrected chi connectivity index (χ3v) is 7.50. The van der Waals surface area contributed by atoms with E-state index in [9.17, 15) is 22.8 Å². The monoisotopic (exact) mass is 486 g/mol. The van der Waals surface area contributed by atoms with Crippen molar-refractivity contribution in [2.24, 2.45) is 0 Å². The molecule has 1 aliphatic rings. The molecule has 1 fully saturated rings. The average Bonchev–Trinajstić information content (AvgIpc) is 2.79. The average molecular weight is 487 g/mol. The van der Waals surface area contributed by atoms with Gasteiger partial charge in [0.15, 0.2) is 0 Å². The van der Waals surface area contributed by atoms with E-state index in [2.05, 4.69) is 16.0 Å². The highest BCUT2D eigenvalue weighted by Crippen LogP contribution is 2.22. The number of benzene rings is 2. The normalized spacial score (nSPS) is 15.8. The number of hydrogen-bond acceptors (Lipinski definition) is 5. The largest absolute Gasteiger partial charge is 0.351 e. The Morgan fingerprint density at radius 2 is 1.56 bits per heavy atom. The first-order valence-electron chi connectivity index (χ1n) is 11.1. The van der Waals surface area contributed by atoms with Gasteiger partial charge in [0, 0.05) is 45.1 Å². The summed E-state index contributed by atoms with van der Waals surface area (Å²) >= 11 is 0. The molecule has 10 heteroatoms. The van der Waals surface area contributed by atoms with Gasteiger partial charge in [0.2, 0.25) is 27.7 Å². The molecular formula is C24H30N4O5S. The summed E-state index contributed by atoms with van der Waals surface area (Å²) in [5, 5.41) is 8.28. The molecule has 9 nitrogen and oxygen atoms in total. The number of sulfonamides is 1. The lowest BCUT2D eigenvalue weighted by Crippen LogP contribution is -2.53. The maximum atomic E-state index is 13.0. The van der Waals surface area contributed by atoms with Crippen LogP contribution in [0.4, 0.5) is 5.69 Å². The number of amides is 3. The predicted octanol–water partition coefficient (Wildman–Crippen LogP) is 1.66. The van der Waals surface area contributed by atoms with E-state index in [-0.39, 0.29) is 41.7 Å². The Hall–Kier alpha value is -3.24. The SMILES string of the molecule is CC(=O)Nc1ccc(S(=O)(=O)N2CCC(NC(=O)[C@@H](Cc3ccccc3)NC(C)=O)CC2)cc1. The van der Waals surface area contributed by atoms with Crippen LogP contribution in [0.2, 0.25) is 0 Å². The van der Waals surface area contributed by atoms with E-state index in [0.29, 0.717) is 24.9 Å². The first-order chi connectivity index (χ1) is 16.1. The molecule has 0 aromatic heterocycles. The van der Waals surface area contributed by atoms with Gasteiger partial charge in [-0.2, -0.15) is 4.31 Å². The lowest BCUT2D eigenvalue weighted by Gasteiger charge is -2.32. The molecule has 1 heterocycles. The van der Waals surface area contributed by atoms with Gasteiger partial charge in [0.05, 0.1) is 4.90 Å². The topological polar surface area (TPSA) is 125 Å². The summed E-state index contributed by atoms with van der Waals surface area (Å²) in [6, 6.07) is 14.6. The molecule has 2 aromatic rings. The van der Waals surface area contributed by atoms with Crippen molar-refractivity contribution in [2.45, 2.75) is 50.1 Å². The Kier molecular flexibility index (Phi) is 8.41. The fourth-order valence-corrected chi connectivity index (χ4v) is 5.38. The summed E-state index contributed by atoms with van der Waals surface area (Å²) in [5.74, 6) is -0.806. The van der Waals surface area contributed by atoms with Gasteiger partial charge >= 0.3 is 0 Å². The van der Waals surface area contributed by atoms with Gasteiger partial charge in [-0.05, 0) is 42.7 Å². The van der Waals surface area contributed by atoms with Crippen molar-refractivity contribution < 1.29 is 22.8 Å². The number of rotatable bonds is 8. The summed E-state index contributed by atoms with van der Waals surface area (Å²) in [7, 11) is -3.68. The minimum absolute atomic E-state index is 0.151. The van der Waals surface area contributed by atoms with Crippen LogP contribution in [0.3, 0.4) is 0 Å². The molecule has 1 atom stereocenters. The number of nitrogens with zero attached hydrogens (tertiary/aromatic N) is 1. The van der Waals surface area contributed by atoms with Gasteiger partial charge in [0.1, 0.15) is 6.04 Å². The van der Waals surface area contributed by atoms with Gasteiger partial charge < -0.3 is 16.0 Å². The van der Waals surface area contributed by atoms with Crippen molar-refractivity contribution in [3.05, 3.63) is 60.2 Å². The highest BCUT2D eigenvalue weighted by molar-refractivity contribution is 7.89. The molecule has 0 aliphatic carbocycles. The first-order valence-corrected chi connectivity index (χ1v) is 12.6. The third-order valence-electron chi connectivity index (χ3n) is 5.59. The molecule has 0 saturated carbocycles. The van der Waals surface area contributed by atoms with Crippen molar-refractivity contribution in [3.63, 3.8) is 0 Å². The zero-order valence-corrected chi connectivity index (χ0v) is 20.1. The second-order valence-electron chi connectivity index (χ2n) is 8.34. The Labute approximate surface area is 200 Å². The lowest BCUT2D eigenvalue weighted by molar-refractivity contribution is -0.128. The van der Waals surface area contributed by atoms with Crippen LogP contribution in [0.5, 0.6) is 0 Å². The molecule has 2 aromatic carbocycles. The molecule has 0 bridgehead atoms. The van der Waals surface area contributed by atoms with Gasteiger partial charge in [-0.3, -0.25) is 14.4 Å². The van der Waals surface area contributed by atoms with Gasteiger partial charge in [-0.15, -0.1) is 0 Å². The van der Waals surface area contributed by atoms with E-state index in [1.54, 1.807) is 12.1 Å². The second-order valence-corrected chi connectivity index (χ2v) is 10.3. The maximum Gasteiger partial charge on any atom is 0.243 e. The summed E-state index contributed by atoms with van der Waals surface area (Å²) in [6.07, 6.45) is 1.30. The van der Waals surface area contributed by atoms with Gasteiger partial charge in [-0.25, -0.2) is 8.42 Å². The molecule has 34 heavy (non-hydrogen) atoms. The van der Waals surface area contributed by atoms with Crippen molar-refractivity contribution in [2.75, 3.05) is 18.4 Å². The van der Waals surface area contributed by atoms with E-state index in [1.165, 1.54) is 30.3 Å².